The van der Waals surface area contributed by atoms with Crippen LogP contribution in [0.3, 0.4) is 0 Å². The van der Waals surface area contributed by atoms with Gasteiger partial charge in [-0.15, -0.1) is 0 Å². The minimum Gasteiger partial charge on any atom is -0.393 e. The first-order valence-electron chi connectivity index (χ1n) is 7.15. The highest BCUT2D eigenvalue weighted by Crippen LogP contribution is 2.69. The van der Waals surface area contributed by atoms with Crippen LogP contribution in [-0.2, 0) is 0 Å². The van der Waals surface area contributed by atoms with Crippen LogP contribution < -0.4 is 0 Å². The van der Waals surface area contributed by atoms with Gasteiger partial charge in [0.2, 0.25) is 0 Å². The summed E-state index contributed by atoms with van der Waals surface area (Å²) in [6, 6.07) is 0. The van der Waals surface area contributed by atoms with Gasteiger partial charge in [0, 0.05) is 0 Å². The molecule has 3 rings (SSSR count). The molecule has 0 aromatic carbocycles. The average Bonchev–Trinajstić information content (AvgIpc) is 2.55. The molecule has 0 aliphatic heterocycles. The third kappa shape index (κ3) is 1.29. The van der Waals surface area contributed by atoms with E-state index >= 15 is 0 Å². The van der Waals surface area contributed by atoms with E-state index in [4.69, 9.17) is 0 Å². The Morgan fingerprint density at radius 3 is 2.35 bits per heavy atom. The Morgan fingerprint density at radius 2 is 1.71 bits per heavy atom. The van der Waals surface area contributed by atoms with Crippen LogP contribution in [0.1, 0.15) is 47.0 Å². The standard InChI is InChI=1S/C15H26O2/c1-8-5-6-14(2,3)12-10-9(16)7-15(4,11(8)10)13(12)17/h8-13,16-17H,5-7H2,1-4H3/t8-,9?,10?,11?,12?,13?,15?/m0/s1. The summed E-state index contributed by atoms with van der Waals surface area (Å²) in [6.07, 6.45) is 2.85. The summed E-state index contributed by atoms with van der Waals surface area (Å²) in [5.74, 6) is 1.80. The maximum Gasteiger partial charge on any atom is 0.0634 e. The van der Waals surface area contributed by atoms with E-state index in [2.05, 4.69) is 27.7 Å². The molecule has 2 nitrogen and oxygen atoms in total. The largest absolute Gasteiger partial charge is 0.393 e. The summed E-state index contributed by atoms with van der Waals surface area (Å²) in [6.45, 7) is 9.10. The monoisotopic (exact) mass is 238 g/mol. The lowest BCUT2D eigenvalue weighted by atomic mass is 9.63. The van der Waals surface area contributed by atoms with Crippen molar-refractivity contribution < 1.29 is 10.2 Å². The van der Waals surface area contributed by atoms with E-state index in [-0.39, 0.29) is 23.0 Å². The lowest BCUT2D eigenvalue weighted by Gasteiger charge is -2.45. The molecule has 2 N–H and O–H groups in total. The third-order valence-corrected chi connectivity index (χ3v) is 6.46. The second-order valence-corrected chi connectivity index (χ2v) is 7.86. The van der Waals surface area contributed by atoms with Crippen LogP contribution in [-0.4, -0.2) is 22.4 Å². The van der Waals surface area contributed by atoms with Crippen LogP contribution in [0.4, 0.5) is 0 Å². The van der Waals surface area contributed by atoms with E-state index in [0.29, 0.717) is 23.7 Å². The Balaban J connectivity index is 2.11. The normalized spacial score (nSPS) is 60.4. The molecule has 3 saturated carbocycles. The zero-order valence-corrected chi connectivity index (χ0v) is 11.5. The van der Waals surface area contributed by atoms with Gasteiger partial charge >= 0.3 is 0 Å². The molecule has 0 radical (unpaired) electrons. The van der Waals surface area contributed by atoms with Crippen LogP contribution in [0.25, 0.3) is 0 Å². The molecular weight excluding hydrogens is 212 g/mol. The number of aliphatic hydroxyl groups excluding tert-OH is 2. The Hall–Kier alpha value is -0.0800. The first-order chi connectivity index (χ1) is 7.79. The van der Waals surface area contributed by atoms with Gasteiger partial charge in [0.05, 0.1) is 12.2 Å². The Kier molecular flexibility index (Phi) is 2.30. The van der Waals surface area contributed by atoms with Crippen LogP contribution >= 0.6 is 0 Å². The Bertz CT molecular complexity index is 338. The van der Waals surface area contributed by atoms with Crippen molar-refractivity contribution in [3.8, 4) is 0 Å². The van der Waals surface area contributed by atoms with Crippen LogP contribution in [0.2, 0.25) is 0 Å². The van der Waals surface area contributed by atoms with Crippen molar-refractivity contribution in [3.63, 3.8) is 0 Å². The topological polar surface area (TPSA) is 40.5 Å². The Labute approximate surface area is 104 Å². The van der Waals surface area contributed by atoms with Crippen molar-refractivity contribution >= 4 is 0 Å². The summed E-state index contributed by atoms with van der Waals surface area (Å²) in [5.41, 5.74) is 0.137. The fraction of sp³-hybridized carbons (Fsp3) is 1.00. The summed E-state index contributed by atoms with van der Waals surface area (Å²) in [4.78, 5) is 0. The highest BCUT2D eigenvalue weighted by Gasteiger charge is 2.69. The second-order valence-electron chi connectivity index (χ2n) is 7.86. The molecule has 17 heavy (non-hydrogen) atoms. The molecule has 3 fully saturated rings. The SMILES string of the molecule is C[C@H]1CCC(C)(C)C2C3C(O)CC(C)(C2O)C31. The maximum absolute atomic E-state index is 10.7. The first-order valence-corrected chi connectivity index (χ1v) is 7.15. The van der Waals surface area contributed by atoms with Crippen molar-refractivity contribution in [2.24, 2.45) is 34.5 Å². The van der Waals surface area contributed by atoms with Gasteiger partial charge in [-0.2, -0.15) is 0 Å². The fourth-order valence-corrected chi connectivity index (χ4v) is 5.73. The molecular formula is C15H26O2. The summed E-state index contributed by atoms with van der Waals surface area (Å²) in [7, 11) is 0. The molecule has 0 aromatic rings. The predicted octanol–water partition coefficient (Wildman–Crippen LogP) is 2.44. The van der Waals surface area contributed by atoms with Gasteiger partial charge in [-0.05, 0) is 53.8 Å². The smallest absolute Gasteiger partial charge is 0.0634 e. The van der Waals surface area contributed by atoms with Gasteiger partial charge in [-0.3, -0.25) is 0 Å². The van der Waals surface area contributed by atoms with E-state index < -0.39 is 0 Å². The average molecular weight is 238 g/mol. The van der Waals surface area contributed by atoms with Crippen molar-refractivity contribution in [2.45, 2.75) is 59.2 Å². The second kappa shape index (κ2) is 3.27. The van der Waals surface area contributed by atoms with E-state index in [9.17, 15) is 10.2 Å². The van der Waals surface area contributed by atoms with Crippen LogP contribution in [0, 0.1) is 34.5 Å². The predicted molar refractivity (Wildman–Crippen MR) is 67.4 cm³/mol. The lowest BCUT2D eigenvalue weighted by molar-refractivity contribution is -0.0844. The summed E-state index contributed by atoms with van der Waals surface area (Å²) in [5, 5.41) is 21.1. The maximum atomic E-state index is 10.7. The zero-order chi connectivity index (χ0) is 12.6. The van der Waals surface area contributed by atoms with Gasteiger partial charge in [-0.1, -0.05) is 27.7 Å². The molecule has 0 spiro atoms. The van der Waals surface area contributed by atoms with Crippen LogP contribution in [0.5, 0.6) is 0 Å². The minimum atomic E-state index is -0.210. The van der Waals surface area contributed by atoms with E-state index in [1.807, 2.05) is 0 Å². The highest BCUT2D eigenvalue weighted by molar-refractivity contribution is 5.17. The zero-order valence-electron chi connectivity index (χ0n) is 11.5. The highest BCUT2D eigenvalue weighted by atomic mass is 16.3. The van der Waals surface area contributed by atoms with Gasteiger partial charge in [-0.25, -0.2) is 0 Å². The molecule has 0 heterocycles. The van der Waals surface area contributed by atoms with Crippen LogP contribution in [0.15, 0.2) is 0 Å². The van der Waals surface area contributed by atoms with Crippen molar-refractivity contribution in [3.05, 3.63) is 0 Å². The molecule has 2 heteroatoms. The van der Waals surface area contributed by atoms with Gasteiger partial charge in [0.15, 0.2) is 0 Å². The Morgan fingerprint density at radius 1 is 1.06 bits per heavy atom. The van der Waals surface area contributed by atoms with E-state index in [1.54, 1.807) is 0 Å². The lowest BCUT2D eigenvalue weighted by Crippen LogP contribution is -2.46. The molecule has 6 unspecified atom stereocenters. The molecule has 0 aromatic heterocycles. The number of rotatable bonds is 0. The summed E-state index contributed by atoms with van der Waals surface area (Å²) < 4.78 is 0. The summed E-state index contributed by atoms with van der Waals surface area (Å²) >= 11 is 0. The van der Waals surface area contributed by atoms with Gasteiger partial charge in [0.1, 0.15) is 0 Å². The van der Waals surface area contributed by atoms with Gasteiger partial charge in [0.25, 0.3) is 0 Å². The number of aliphatic hydroxyl groups is 2. The molecule has 98 valence electrons. The fourth-order valence-electron chi connectivity index (χ4n) is 5.73. The molecule has 0 saturated heterocycles. The quantitative estimate of drug-likeness (QED) is 0.680. The number of hydrogen-bond donors (Lipinski definition) is 2. The molecule has 3 aliphatic carbocycles. The van der Waals surface area contributed by atoms with Crippen molar-refractivity contribution in [2.75, 3.05) is 0 Å². The van der Waals surface area contributed by atoms with Crippen molar-refractivity contribution in [1.29, 1.82) is 0 Å². The molecule has 0 amide bonds. The first kappa shape index (κ1) is 12.0. The van der Waals surface area contributed by atoms with E-state index in [0.717, 1.165) is 6.42 Å². The molecule has 3 aliphatic rings. The van der Waals surface area contributed by atoms with Gasteiger partial charge < -0.3 is 10.2 Å². The number of hydrogen-bond acceptors (Lipinski definition) is 2. The molecule has 7 atom stereocenters. The third-order valence-electron chi connectivity index (χ3n) is 6.46. The minimum absolute atomic E-state index is 0.0359. The van der Waals surface area contributed by atoms with Crippen molar-refractivity contribution in [1.82, 2.24) is 0 Å². The van der Waals surface area contributed by atoms with E-state index in [1.165, 1.54) is 12.8 Å². The molecule has 4 bridgehead atoms.